The number of ether oxygens (including phenoxy) is 1. The van der Waals surface area contributed by atoms with E-state index in [0.29, 0.717) is 11.6 Å². The second kappa shape index (κ2) is 5.68. The lowest BCUT2D eigenvalue weighted by Gasteiger charge is -2.39. The fraction of sp³-hybridized carbons (Fsp3) is 0.417. The molecule has 1 saturated heterocycles. The van der Waals surface area contributed by atoms with E-state index in [9.17, 15) is 4.79 Å². The van der Waals surface area contributed by atoms with Crippen LogP contribution in [0.15, 0.2) is 22.7 Å². The molecule has 0 aliphatic carbocycles. The van der Waals surface area contributed by atoms with Crippen LogP contribution in [0, 0.1) is 5.41 Å². The highest BCUT2D eigenvalue weighted by Crippen LogP contribution is 2.40. The lowest BCUT2D eigenvalue weighted by molar-refractivity contribution is 0.0385. The van der Waals surface area contributed by atoms with Gasteiger partial charge in [0, 0.05) is 14.9 Å². The maximum absolute atomic E-state index is 11.3. The number of carbonyl (C=O) groups is 1. The van der Waals surface area contributed by atoms with Crippen molar-refractivity contribution < 1.29 is 9.53 Å². The standard InChI is InChI=1S/C12H13BrClNO2.ClH/c1-12(2)6-17-11(16)15-10(12)8-5-7(14)3-4-9(8)13;/h3-5,10H,6H2,1-2H3,(H,15,16);1H/t10-;/m1./s1. The van der Waals surface area contributed by atoms with Crippen LogP contribution < -0.4 is 5.32 Å². The lowest BCUT2D eigenvalue weighted by Crippen LogP contribution is -2.47. The van der Waals surface area contributed by atoms with Crippen LogP contribution in [-0.4, -0.2) is 12.7 Å². The van der Waals surface area contributed by atoms with E-state index in [2.05, 4.69) is 21.2 Å². The maximum atomic E-state index is 11.3. The molecule has 1 aliphatic heterocycles. The van der Waals surface area contributed by atoms with E-state index in [1.807, 2.05) is 32.0 Å². The van der Waals surface area contributed by atoms with Crippen LogP contribution in [0.4, 0.5) is 4.79 Å². The fourth-order valence-corrected chi connectivity index (χ4v) is 2.58. The zero-order chi connectivity index (χ0) is 12.6. The molecule has 0 spiro atoms. The summed E-state index contributed by atoms with van der Waals surface area (Å²) in [6, 6.07) is 5.44. The van der Waals surface area contributed by atoms with Gasteiger partial charge in [-0.1, -0.05) is 41.4 Å². The summed E-state index contributed by atoms with van der Waals surface area (Å²) in [6.45, 7) is 4.48. The molecular weight excluding hydrogens is 341 g/mol. The van der Waals surface area contributed by atoms with Crippen LogP contribution in [0.3, 0.4) is 0 Å². The van der Waals surface area contributed by atoms with E-state index >= 15 is 0 Å². The molecule has 1 N–H and O–H groups in total. The van der Waals surface area contributed by atoms with Crippen LogP contribution >= 0.6 is 39.9 Å². The van der Waals surface area contributed by atoms with Gasteiger partial charge in [0.2, 0.25) is 0 Å². The van der Waals surface area contributed by atoms with Crippen LogP contribution in [-0.2, 0) is 4.74 Å². The van der Waals surface area contributed by atoms with Gasteiger partial charge in [-0.3, -0.25) is 0 Å². The van der Waals surface area contributed by atoms with Gasteiger partial charge < -0.3 is 10.1 Å². The van der Waals surface area contributed by atoms with Crippen molar-refractivity contribution in [3.05, 3.63) is 33.3 Å². The van der Waals surface area contributed by atoms with Gasteiger partial charge in [-0.15, -0.1) is 12.4 Å². The van der Waals surface area contributed by atoms with Crippen molar-refractivity contribution in [2.24, 2.45) is 5.41 Å². The minimum atomic E-state index is -0.388. The summed E-state index contributed by atoms with van der Waals surface area (Å²) in [5, 5.41) is 3.49. The number of hydrogen-bond donors (Lipinski definition) is 1. The molecule has 1 aliphatic rings. The minimum Gasteiger partial charge on any atom is -0.449 e. The Kier molecular flexibility index (Phi) is 4.92. The third-order valence-electron chi connectivity index (χ3n) is 2.89. The van der Waals surface area contributed by atoms with Crippen molar-refractivity contribution in [2.45, 2.75) is 19.9 Å². The summed E-state index contributed by atoms with van der Waals surface area (Å²) < 4.78 is 5.95. The van der Waals surface area contributed by atoms with E-state index in [4.69, 9.17) is 16.3 Å². The summed E-state index contributed by atoms with van der Waals surface area (Å²) in [5.41, 5.74) is 0.792. The van der Waals surface area contributed by atoms with Gasteiger partial charge >= 0.3 is 6.09 Å². The second-order valence-corrected chi connectivity index (χ2v) is 6.10. The average Bonchev–Trinajstić information content (AvgIpc) is 2.26. The quantitative estimate of drug-likeness (QED) is 0.814. The van der Waals surface area contributed by atoms with Crippen LogP contribution in [0.1, 0.15) is 25.5 Å². The molecule has 2 rings (SSSR count). The highest BCUT2D eigenvalue weighted by Gasteiger charge is 2.38. The van der Waals surface area contributed by atoms with Crippen LogP contribution in [0.25, 0.3) is 0 Å². The molecule has 100 valence electrons. The third kappa shape index (κ3) is 3.11. The molecule has 1 atom stereocenters. The predicted octanol–water partition coefficient (Wildman–Crippen LogP) is 4.33. The molecule has 18 heavy (non-hydrogen) atoms. The van der Waals surface area contributed by atoms with Crippen molar-refractivity contribution in [2.75, 3.05) is 6.61 Å². The van der Waals surface area contributed by atoms with Crippen molar-refractivity contribution in [3.8, 4) is 0 Å². The van der Waals surface area contributed by atoms with Gasteiger partial charge in [0.05, 0.1) is 6.04 Å². The number of carbonyl (C=O) groups excluding carboxylic acids is 1. The van der Waals surface area contributed by atoms with E-state index in [1.54, 1.807) is 0 Å². The summed E-state index contributed by atoms with van der Waals surface area (Å²) in [6.07, 6.45) is -0.388. The minimum absolute atomic E-state index is 0. The van der Waals surface area contributed by atoms with Gasteiger partial charge in [-0.2, -0.15) is 0 Å². The van der Waals surface area contributed by atoms with Crippen molar-refractivity contribution in [1.29, 1.82) is 0 Å². The van der Waals surface area contributed by atoms with Gasteiger partial charge in [0.25, 0.3) is 0 Å². The van der Waals surface area contributed by atoms with Gasteiger partial charge in [0.15, 0.2) is 0 Å². The topological polar surface area (TPSA) is 38.3 Å². The SMILES string of the molecule is CC1(C)COC(=O)N[C@@H]1c1cc(Cl)ccc1Br.Cl. The lowest BCUT2D eigenvalue weighted by atomic mass is 9.80. The number of amides is 1. The molecule has 1 aromatic rings. The van der Waals surface area contributed by atoms with Gasteiger partial charge in [-0.05, 0) is 23.8 Å². The zero-order valence-corrected chi connectivity index (χ0v) is 13.2. The molecule has 1 fully saturated rings. The Balaban J connectivity index is 0.00000162. The Morgan fingerprint density at radius 1 is 1.50 bits per heavy atom. The normalized spacial score (nSPS) is 21.6. The molecule has 0 saturated carbocycles. The summed E-state index contributed by atoms with van der Waals surface area (Å²) >= 11 is 9.49. The van der Waals surface area contributed by atoms with Crippen LogP contribution in [0.2, 0.25) is 5.02 Å². The first-order valence-corrected chi connectivity index (χ1v) is 6.45. The van der Waals surface area contributed by atoms with Crippen molar-refractivity contribution in [3.63, 3.8) is 0 Å². The third-order valence-corrected chi connectivity index (χ3v) is 3.85. The number of cyclic esters (lactones) is 1. The Hall–Kier alpha value is -0.450. The summed E-state index contributed by atoms with van der Waals surface area (Å²) in [4.78, 5) is 11.3. The highest BCUT2D eigenvalue weighted by atomic mass is 79.9. The molecule has 0 unspecified atom stereocenters. The zero-order valence-electron chi connectivity index (χ0n) is 10.00. The average molecular weight is 355 g/mol. The fourth-order valence-electron chi connectivity index (χ4n) is 1.92. The molecule has 1 heterocycles. The Labute approximate surface area is 126 Å². The summed E-state index contributed by atoms with van der Waals surface area (Å²) in [7, 11) is 0. The Morgan fingerprint density at radius 2 is 2.17 bits per heavy atom. The van der Waals surface area contributed by atoms with Crippen molar-refractivity contribution >= 4 is 46.0 Å². The number of nitrogens with one attached hydrogen (secondary N) is 1. The van der Waals surface area contributed by atoms with E-state index in [-0.39, 0.29) is 30.0 Å². The first kappa shape index (κ1) is 15.6. The molecule has 0 bridgehead atoms. The number of rotatable bonds is 1. The number of hydrogen-bond acceptors (Lipinski definition) is 2. The molecule has 1 amide bonds. The summed E-state index contributed by atoms with van der Waals surface area (Å²) in [5.74, 6) is 0. The van der Waals surface area contributed by atoms with E-state index in [1.165, 1.54) is 0 Å². The maximum Gasteiger partial charge on any atom is 0.407 e. The predicted molar refractivity (Wildman–Crippen MR) is 77.4 cm³/mol. The molecule has 1 aromatic carbocycles. The highest BCUT2D eigenvalue weighted by molar-refractivity contribution is 9.10. The molecule has 6 heteroatoms. The van der Waals surface area contributed by atoms with E-state index in [0.717, 1.165) is 10.0 Å². The molecule has 3 nitrogen and oxygen atoms in total. The number of benzene rings is 1. The Bertz CT molecular complexity index is 465. The van der Waals surface area contributed by atoms with Crippen LogP contribution in [0.5, 0.6) is 0 Å². The number of halogens is 3. The number of alkyl carbamates (subject to hydrolysis) is 1. The Morgan fingerprint density at radius 3 is 2.83 bits per heavy atom. The first-order chi connectivity index (χ1) is 7.90. The molecule has 0 aromatic heterocycles. The van der Waals surface area contributed by atoms with Gasteiger partial charge in [0.1, 0.15) is 6.61 Å². The van der Waals surface area contributed by atoms with Gasteiger partial charge in [-0.25, -0.2) is 4.79 Å². The van der Waals surface area contributed by atoms with Crippen molar-refractivity contribution in [1.82, 2.24) is 5.32 Å². The molecule has 0 radical (unpaired) electrons. The largest absolute Gasteiger partial charge is 0.449 e. The smallest absolute Gasteiger partial charge is 0.407 e. The molecular formula is C12H14BrCl2NO2. The monoisotopic (exact) mass is 353 g/mol. The van der Waals surface area contributed by atoms with E-state index < -0.39 is 0 Å². The second-order valence-electron chi connectivity index (χ2n) is 4.81. The first-order valence-electron chi connectivity index (χ1n) is 5.28.